The van der Waals surface area contributed by atoms with Crippen LogP contribution in [0, 0.1) is 0 Å². The van der Waals surface area contributed by atoms with Crippen LogP contribution in [0.4, 0.5) is 0 Å². The Morgan fingerprint density at radius 3 is 2.42 bits per heavy atom. The second kappa shape index (κ2) is 8.26. The summed E-state index contributed by atoms with van der Waals surface area (Å²) in [5, 5.41) is 2.84. The van der Waals surface area contributed by atoms with Crippen molar-refractivity contribution in [1.29, 1.82) is 0 Å². The van der Waals surface area contributed by atoms with Crippen LogP contribution in [0.15, 0.2) is 48.5 Å². The molecule has 2 aromatic rings. The van der Waals surface area contributed by atoms with Gasteiger partial charge >= 0.3 is 0 Å². The highest BCUT2D eigenvalue weighted by atomic mass is 16.5. The minimum Gasteiger partial charge on any atom is -0.374 e. The lowest BCUT2D eigenvalue weighted by molar-refractivity contribution is 0.0657. The molecule has 0 atom stereocenters. The Hall–Kier alpha value is -2.66. The van der Waals surface area contributed by atoms with Crippen LogP contribution in [0.5, 0.6) is 0 Å². The molecule has 0 heterocycles. The molecule has 5 nitrogen and oxygen atoms in total. The third kappa shape index (κ3) is 5.21. The molecule has 0 aromatic heterocycles. The van der Waals surface area contributed by atoms with Crippen molar-refractivity contribution in [2.24, 2.45) is 5.73 Å². The highest BCUT2D eigenvalue weighted by molar-refractivity contribution is 5.99. The summed E-state index contributed by atoms with van der Waals surface area (Å²) in [5.41, 5.74) is 8.00. The van der Waals surface area contributed by atoms with E-state index in [1.807, 2.05) is 38.1 Å². The molecule has 0 bridgehead atoms. The van der Waals surface area contributed by atoms with Crippen molar-refractivity contribution in [2.45, 2.75) is 33.1 Å². The van der Waals surface area contributed by atoms with E-state index in [1.165, 1.54) is 6.07 Å². The van der Waals surface area contributed by atoms with E-state index in [0.717, 1.165) is 11.1 Å². The van der Waals surface area contributed by atoms with E-state index in [-0.39, 0.29) is 12.0 Å². The molecular formula is C19H22N2O3. The number of hydrogen-bond donors (Lipinski definition) is 2. The number of carbonyl (C=O) groups is 2. The topological polar surface area (TPSA) is 81.4 Å². The minimum absolute atomic E-state index is 0.172. The molecule has 0 spiro atoms. The third-order valence-electron chi connectivity index (χ3n) is 3.44. The Bertz CT molecular complexity index is 726. The van der Waals surface area contributed by atoms with Crippen molar-refractivity contribution in [3.63, 3.8) is 0 Å². The van der Waals surface area contributed by atoms with Gasteiger partial charge in [-0.05, 0) is 43.2 Å². The van der Waals surface area contributed by atoms with Crippen LogP contribution in [0.1, 0.15) is 45.7 Å². The number of carbonyl (C=O) groups excluding carboxylic acids is 2. The average molecular weight is 326 g/mol. The SMILES string of the molecule is CC(C)OCc1cccc(CNC(=O)c2cccc(C(N)=O)c2)c1. The van der Waals surface area contributed by atoms with Gasteiger partial charge in [0.25, 0.3) is 5.91 Å². The van der Waals surface area contributed by atoms with E-state index < -0.39 is 5.91 Å². The highest BCUT2D eigenvalue weighted by Gasteiger charge is 2.08. The van der Waals surface area contributed by atoms with Crippen molar-refractivity contribution < 1.29 is 14.3 Å². The van der Waals surface area contributed by atoms with E-state index in [1.54, 1.807) is 18.2 Å². The van der Waals surface area contributed by atoms with E-state index in [0.29, 0.717) is 24.3 Å². The van der Waals surface area contributed by atoms with E-state index in [4.69, 9.17) is 10.5 Å². The Morgan fingerprint density at radius 1 is 1.04 bits per heavy atom. The van der Waals surface area contributed by atoms with Crippen molar-refractivity contribution in [1.82, 2.24) is 5.32 Å². The Kier molecular flexibility index (Phi) is 6.09. The van der Waals surface area contributed by atoms with Gasteiger partial charge in [0.15, 0.2) is 0 Å². The van der Waals surface area contributed by atoms with Crippen molar-refractivity contribution in [2.75, 3.05) is 0 Å². The predicted octanol–water partition coefficient (Wildman–Crippen LogP) is 2.64. The van der Waals surface area contributed by atoms with Crippen LogP contribution in [0.2, 0.25) is 0 Å². The molecule has 5 heteroatoms. The van der Waals surface area contributed by atoms with Gasteiger partial charge in [-0.3, -0.25) is 9.59 Å². The molecule has 2 aromatic carbocycles. The predicted molar refractivity (Wildman–Crippen MR) is 92.5 cm³/mol. The van der Waals surface area contributed by atoms with Gasteiger partial charge in [-0.1, -0.05) is 30.3 Å². The first-order chi connectivity index (χ1) is 11.5. The fraction of sp³-hybridized carbons (Fsp3) is 0.263. The van der Waals surface area contributed by atoms with Gasteiger partial charge in [-0.2, -0.15) is 0 Å². The van der Waals surface area contributed by atoms with E-state index in [9.17, 15) is 9.59 Å². The zero-order valence-electron chi connectivity index (χ0n) is 13.9. The summed E-state index contributed by atoms with van der Waals surface area (Å²) in [6.45, 7) is 4.92. The van der Waals surface area contributed by atoms with Crippen molar-refractivity contribution in [3.8, 4) is 0 Å². The zero-order chi connectivity index (χ0) is 17.5. The van der Waals surface area contributed by atoms with Gasteiger partial charge in [0.05, 0.1) is 12.7 Å². The summed E-state index contributed by atoms with van der Waals surface area (Å²) in [7, 11) is 0. The average Bonchev–Trinajstić information content (AvgIpc) is 2.58. The molecule has 0 unspecified atom stereocenters. The van der Waals surface area contributed by atoms with Crippen LogP contribution >= 0.6 is 0 Å². The van der Waals surface area contributed by atoms with E-state index in [2.05, 4.69) is 5.32 Å². The molecule has 0 fully saturated rings. The Morgan fingerprint density at radius 2 is 1.71 bits per heavy atom. The summed E-state index contributed by atoms with van der Waals surface area (Å²) < 4.78 is 5.58. The number of nitrogens with one attached hydrogen (secondary N) is 1. The quantitative estimate of drug-likeness (QED) is 0.820. The first-order valence-corrected chi connectivity index (χ1v) is 7.83. The molecule has 0 aliphatic carbocycles. The first-order valence-electron chi connectivity index (χ1n) is 7.83. The number of benzene rings is 2. The number of hydrogen-bond acceptors (Lipinski definition) is 3. The summed E-state index contributed by atoms with van der Waals surface area (Å²) in [5.74, 6) is -0.801. The fourth-order valence-corrected chi connectivity index (χ4v) is 2.19. The number of rotatable bonds is 7. The van der Waals surface area contributed by atoms with Gasteiger partial charge in [0.2, 0.25) is 5.91 Å². The summed E-state index contributed by atoms with van der Waals surface area (Å²) in [4.78, 5) is 23.4. The molecular weight excluding hydrogens is 304 g/mol. The molecule has 24 heavy (non-hydrogen) atoms. The van der Waals surface area contributed by atoms with E-state index >= 15 is 0 Å². The Balaban J connectivity index is 1.97. The first kappa shape index (κ1) is 17.7. The van der Waals surface area contributed by atoms with Crippen molar-refractivity contribution >= 4 is 11.8 Å². The van der Waals surface area contributed by atoms with Gasteiger partial charge < -0.3 is 15.8 Å². The number of nitrogens with two attached hydrogens (primary N) is 1. The fourth-order valence-electron chi connectivity index (χ4n) is 2.19. The largest absolute Gasteiger partial charge is 0.374 e. The second-order valence-corrected chi connectivity index (χ2v) is 5.81. The van der Waals surface area contributed by atoms with Crippen LogP contribution in [0.25, 0.3) is 0 Å². The summed E-state index contributed by atoms with van der Waals surface area (Å²) in [6, 6.07) is 14.2. The summed E-state index contributed by atoms with van der Waals surface area (Å²) in [6.07, 6.45) is 0.172. The van der Waals surface area contributed by atoms with Crippen molar-refractivity contribution in [3.05, 3.63) is 70.8 Å². The number of ether oxygens (including phenoxy) is 1. The van der Waals surface area contributed by atoms with Crippen LogP contribution in [0.3, 0.4) is 0 Å². The lowest BCUT2D eigenvalue weighted by Gasteiger charge is -2.10. The van der Waals surface area contributed by atoms with Gasteiger partial charge in [0.1, 0.15) is 0 Å². The minimum atomic E-state index is -0.553. The molecule has 126 valence electrons. The van der Waals surface area contributed by atoms with Crippen LogP contribution < -0.4 is 11.1 Å². The molecule has 0 aliphatic rings. The monoisotopic (exact) mass is 326 g/mol. The van der Waals surface area contributed by atoms with Crippen LogP contribution in [-0.4, -0.2) is 17.9 Å². The maximum absolute atomic E-state index is 12.2. The molecule has 0 saturated carbocycles. The standard InChI is InChI=1S/C19H22N2O3/c1-13(2)24-12-15-6-3-5-14(9-15)11-21-19(23)17-8-4-7-16(10-17)18(20)22/h3-10,13H,11-12H2,1-2H3,(H2,20,22)(H,21,23). The highest BCUT2D eigenvalue weighted by Crippen LogP contribution is 2.09. The number of primary amides is 1. The maximum Gasteiger partial charge on any atom is 0.251 e. The summed E-state index contributed by atoms with van der Waals surface area (Å²) >= 11 is 0. The molecule has 2 rings (SSSR count). The third-order valence-corrected chi connectivity index (χ3v) is 3.44. The molecule has 0 radical (unpaired) electrons. The maximum atomic E-state index is 12.2. The lowest BCUT2D eigenvalue weighted by atomic mass is 10.1. The smallest absolute Gasteiger partial charge is 0.251 e. The second-order valence-electron chi connectivity index (χ2n) is 5.81. The Labute approximate surface area is 141 Å². The van der Waals surface area contributed by atoms with Gasteiger partial charge in [-0.25, -0.2) is 0 Å². The van der Waals surface area contributed by atoms with Crippen LogP contribution in [-0.2, 0) is 17.9 Å². The zero-order valence-corrected chi connectivity index (χ0v) is 13.9. The number of amides is 2. The normalized spacial score (nSPS) is 10.6. The molecule has 0 aliphatic heterocycles. The van der Waals surface area contributed by atoms with Gasteiger partial charge in [0, 0.05) is 17.7 Å². The lowest BCUT2D eigenvalue weighted by Crippen LogP contribution is -2.23. The molecule has 2 amide bonds. The molecule has 0 saturated heterocycles. The van der Waals surface area contributed by atoms with Gasteiger partial charge in [-0.15, -0.1) is 0 Å². The molecule has 3 N–H and O–H groups in total.